The molecule has 4 nitrogen and oxygen atoms in total. The number of carbonyl (C=O) groups excluding carboxylic acids is 1. The van der Waals surface area contributed by atoms with Gasteiger partial charge in [0.2, 0.25) is 5.91 Å². The molecule has 0 aromatic heterocycles. The van der Waals surface area contributed by atoms with E-state index in [0.29, 0.717) is 12.2 Å². The number of hydrogen-bond acceptors (Lipinski definition) is 3. The van der Waals surface area contributed by atoms with Crippen LogP contribution in [0, 0.1) is 0 Å². The van der Waals surface area contributed by atoms with Crippen molar-refractivity contribution in [2.75, 3.05) is 5.75 Å². The van der Waals surface area contributed by atoms with Crippen LogP contribution in [0.15, 0.2) is 29.2 Å². The summed E-state index contributed by atoms with van der Waals surface area (Å²) < 4.78 is 0. The van der Waals surface area contributed by atoms with Crippen molar-refractivity contribution in [3.8, 4) is 0 Å². The van der Waals surface area contributed by atoms with Gasteiger partial charge in [-0.15, -0.1) is 11.8 Å². The standard InChI is InChI=1S/C11H13NO3S/c12-10(13)5-6-16-9-3-1-8(2-4-9)7-11(14)15/h1-4H,5-7H2,(H2,12,13)(H,14,15). The normalized spacial score (nSPS) is 10.0. The van der Waals surface area contributed by atoms with Gasteiger partial charge in [-0.1, -0.05) is 12.1 Å². The molecule has 1 amide bonds. The van der Waals surface area contributed by atoms with Gasteiger partial charge in [0.15, 0.2) is 0 Å². The van der Waals surface area contributed by atoms with Crippen LogP contribution < -0.4 is 5.73 Å². The van der Waals surface area contributed by atoms with E-state index in [-0.39, 0.29) is 12.3 Å². The maximum absolute atomic E-state index is 10.5. The number of carboxylic acids is 1. The first-order valence-corrected chi connectivity index (χ1v) is 5.78. The molecular formula is C11H13NO3S. The maximum atomic E-state index is 10.5. The lowest BCUT2D eigenvalue weighted by molar-refractivity contribution is -0.136. The number of rotatable bonds is 6. The molecule has 0 aliphatic rings. The molecule has 0 spiro atoms. The van der Waals surface area contributed by atoms with E-state index < -0.39 is 5.97 Å². The predicted octanol–water partition coefficient (Wildman–Crippen LogP) is 1.28. The third kappa shape index (κ3) is 4.84. The third-order valence-electron chi connectivity index (χ3n) is 1.90. The van der Waals surface area contributed by atoms with Gasteiger partial charge in [-0.2, -0.15) is 0 Å². The van der Waals surface area contributed by atoms with Crippen molar-refractivity contribution in [3.05, 3.63) is 29.8 Å². The second-order valence-electron chi connectivity index (χ2n) is 3.28. The zero-order chi connectivity index (χ0) is 12.0. The Hall–Kier alpha value is -1.49. The van der Waals surface area contributed by atoms with Gasteiger partial charge in [0.05, 0.1) is 6.42 Å². The van der Waals surface area contributed by atoms with E-state index in [1.807, 2.05) is 12.1 Å². The zero-order valence-corrected chi connectivity index (χ0v) is 9.50. The Morgan fingerprint density at radius 2 is 1.88 bits per heavy atom. The molecule has 0 saturated heterocycles. The molecule has 1 aromatic rings. The van der Waals surface area contributed by atoms with E-state index in [1.54, 1.807) is 12.1 Å². The molecule has 0 bridgehead atoms. The zero-order valence-electron chi connectivity index (χ0n) is 8.68. The van der Waals surface area contributed by atoms with Crippen molar-refractivity contribution in [2.24, 2.45) is 5.73 Å². The van der Waals surface area contributed by atoms with Crippen LogP contribution in [0.25, 0.3) is 0 Å². The molecule has 5 heteroatoms. The molecule has 16 heavy (non-hydrogen) atoms. The van der Waals surface area contributed by atoms with Gasteiger partial charge < -0.3 is 10.8 Å². The minimum atomic E-state index is -0.839. The van der Waals surface area contributed by atoms with Crippen molar-refractivity contribution < 1.29 is 14.7 Å². The molecule has 1 aromatic carbocycles. The molecule has 0 heterocycles. The lowest BCUT2D eigenvalue weighted by atomic mass is 10.2. The summed E-state index contributed by atoms with van der Waals surface area (Å²) in [6.45, 7) is 0. The Morgan fingerprint density at radius 1 is 1.25 bits per heavy atom. The molecular weight excluding hydrogens is 226 g/mol. The van der Waals surface area contributed by atoms with E-state index >= 15 is 0 Å². The summed E-state index contributed by atoms with van der Waals surface area (Å²) in [7, 11) is 0. The Balaban J connectivity index is 2.45. The molecule has 0 saturated carbocycles. The van der Waals surface area contributed by atoms with Crippen molar-refractivity contribution in [1.82, 2.24) is 0 Å². The highest BCUT2D eigenvalue weighted by molar-refractivity contribution is 7.99. The van der Waals surface area contributed by atoms with Crippen LogP contribution in [0.3, 0.4) is 0 Å². The van der Waals surface area contributed by atoms with Crippen molar-refractivity contribution >= 4 is 23.6 Å². The summed E-state index contributed by atoms with van der Waals surface area (Å²) >= 11 is 1.53. The Morgan fingerprint density at radius 3 is 2.38 bits per heavy atom. The number of carbonyl (C=O) groups is 2. The van der Waals surface area contributed by atoms with Crippen molar-refractivity contribution in [3.63, 3.8) is 0 Å². The monoisotopic (exact) mass is 239 g/mol. The number of nitrogens with two attached hydrogens (primary N) is 1. The largest absolute Gasteiger partial charge is 0.481 e. The van der Waals surface area contributed by atoms with Gasteiger partial charge in [-0.25, -0.2) is 0 Å². The molecule has 86 valence electrons. The summed E-state index contributed by atoms with van der Waals surface area (Å²) in [6, 6.07) is 7.26. The lowest BCUT2D eigenvalue weighted by Crippen LogP contribution is -2.10. The van der Waals surface area contributed by atoms with Gasteiger partial charge >= 0.3 is 5.97 Å². The molecule has 0 radical (unpaired) electrons. The molecule has 0 aliphatic heterocycles. The Labute approximate surface area is 97.8 Å². The van der Waals surface area contributed by atoms with E-state index in [2.05, 4.69) is 0 Å². The van der Waals surface area contributed by atoms with Crippen molar-refractivity contribution in [1.29, 1.82) is 0 Å². The highest BCUT2D eigenvalue weighted by atomic mass is 32.2. The van der Waals surface area contributed by atoms with Gasteiger partial charge in [0.25, 0.3) is 0 Å². The molecule has 3 N–H and O–H groups in total. The predicted molar refractivity (Wildman–Crippen MR) is 62.3 cm³/mol. The maximum Gasteiger partial charge on any atom is 0.307 e. The summed E-state index contributed by atoms with van der Waals surface area (Å²) in [5.74, 6) is -0.503. The van der Waals surface area contributed by atoms with Gasteiger partial charge in [-0.3, -0.25) is 9.59 Å². The summed E-state index contributed by atoms with van der Waals surface area (Å²) in [5, 5.41) is 8.58. The third-order valence-corrected chi connectivity index (χ3v) is 2.91. The van der Waals surface area contributed by atoms with Crippen LogP contribution in [0.2, 0.25) is 0 Å². The average molecular weight is 239 g/mol. The number of hydrogen-bond donors (Lipinski definition) is 2. The molecule has 0 fully saturated rings. The first-order valence-electron chi connectivity index (χ1n) is 4.80. The van der Waals surface area contributed by atoms with Crippen LogP contribution >= 0.6 is 11.8 Å². The molecule has 1 rings (SSSR count). The number of benzene rings is 1. The lowest BCUT2D eigenvalue weighted by Gasteiger charge is -2.01. The van der Waals surface area contributed by atoms with E-state index in [1.165, 1.54) is 11.8 Å². The second-order valence-corrected chi connectivity index (χ2v) is 4.45. The molecule has 0 aliphatic carbocycles. The summed E-state index contributed by atoms with van der Waals surface area (Å²) in [6.07, 6.45) is 0.383. The van der Waals surface area contributed by atoms with Crippen molar-refractivity contribution in [2.45, 2.75) is 17.7 Å². The van der Waals surface area contributed by atoms with Gasteiger partial charge in [-0.05, 0) is 17.7 Å². The first-order chi connectivity index (χ1) is 7.58. The van der Waals surface area contributed by atoms with Crippen LogP contribution in [-0.2, 0) is 16.0 Å². The second kappa shape index (κ2) is 6.17. The number of thioether (sulfide) groups is 1. The van der Waals surface area contributed by atoms with E-state index in [0.717, 1.165) is 10.5 Å². The van der Waals surface area contributed by atoms with Gasteiger partial charge in [0.1, 0.15) is 0 Å². The first kappa shape index (κ1) is 12.6. The minimum Gasteiger partial charge on any atom is -0.481 e. The number of primary amides is 1. The highest BCUT2D eigenvalue weighted by Gasteiger charge is 2.01. The van der Waals surface area contributed by atoms with Crippen LogP contribution in [0.1, 0.15) is 12.0 Å². The van der Waals surface area contributed by atoms with Gasteiger partial charge in [0, 0.05) is 17.1 Å². The topological polar surface area (TPSA) is 80.4 Å². The van der Waals surface area contributed by atoms with E-state index in [4.69, 9.17) is 10.8 Å². The Kier molecular flexibility index (Phi) is 4.85. The smallest absolute Gasteiger partial charge is 0.307 e. The summed E-state index contributed by atoms with van der Waals surface area (Å²) in [5.41, 5.74) is 5.79. The SMILES string of the molecule is NC(=O)CCSc1ccc(CC(=O)O)cc1. The fourth-order valence-corrected chi connectivity index (χ4v) is 2.02. The molecule has 0 atom stereocenters. The number of aliphatic carboxylic acids is 1. The highest BCUT2D eigenvalue weighted by Crippen LogP contribution is 2.19. The Bertz CT molecular complexity index is 375. The quantitative estimate of drug-likeness (QED) is 0.733. The number of amides is 1. The van der Waals surface area contributed by atoms with Crippen LogP contribution in [0.5, 0.6) is 0 Å². The summed E-state index contributed by atoms with van der Waals surface area (Å²) in [4.78, 5) is 22.0. The van der Waals surface area contributed by atoms with Crippen LogP contribution in [0.4, 0.5) is 0 Å². The number of carboxylic acid groups (broad SMARTS) is 1. The van der Waals surface area contributed by atoms with E-state index in [9.17, 15) is 9.59 Å². The fraction of sp³-hybridized carbons (Fsp3) is 0.273. The average Bonchev–Trinajstić information content (AvgIpc) is 2.19. The molecule has 0 unspecified atom stereocenters. The van der Waals surface area contributed by atoms with Crippen LogP contribution in [-0.4, -0.2) is 22.7 Å². The fourth-order valence-electron chi connectivity index (χ4n) is 1.15. The minimum absolute atomic E-state index is 0.0340.